The van der Waals surface area contributed by atoms with Crippen LogP contribution in [-0.4, -0.2) is 44.0 Å². The van der Waals surface area contributed by atoms with Gasteiger partial charge in [-0.25, -0.2) is 0 Å². The minimum Gasteiger partial charge on any atom is -0.506 e. The third-order valence-electron chi connectivity index (χ3n) is 2.84. The van der Waals surface area contributed by atoms with Crippen molar-refractivity contribution in [2.45, 2.75) is 14.7 Å². The van der Waals surface area contributed by atoms with Crippen molar-refractivity contribution >= 4 is 41.1 Å². The standard InChI is InChI=1S/C10H8O10S3/c11-9-7-2-1-6(21(12,13)14)3-5(7)4-8(22(15,16)17)10(9)23(18,19)20/h1-4,11H,(H,12,13,14)(H,15,16,17)(H,18,19,20). The molecule has 0 atom stereocenters. The maximum Gasteiger partial charge on any atom is 0.299 e. The topological polar surface area (TPSA) is 183 Å². The molecular weight excluding hydrogens is 376 g/mol. The molecule has 126 valence electrons. The highest BCUT2D eigenvalue weighted by atomic mass is 32.2. The van der Waals surface area contributed by atoms with Gasteiger partial charge in [0.1, 0.15) is 10.6 Å². The Bertz CT molecular complexity index is 1130. The first kappa shape index (κ1) is 17.6. The molecule has 0 unspecified atom stereocenters. The van der Waals surface area contributed by atoms with E-state index in [0.717, 1.165) is 18.2 Å². The first-order valence-corrected chi connectivity index (χ1v) is 9.77. The summed E-state index contributed by atoms with van der Waals surface area (Å²) in [6.07, 6.45) is 0. The fourth-order valence-electron chi connectivity index (χ4n) is 1.92. The summed E-state index contributed by atoms with van der Waals surface area (Å²) in [5.74, 6) is -1.21. The Morgan fingerprint density at radius 3 is 1.74 bits per heavy atom. The van der Waals surface area contributed by atoms with E-state index in [-0.39, 0.29) is 10.8 Å². The van der Waals surface area contributed by atoms with Gasteiger partial charge in [0.2, 0.25) is 0 Å². The Morgan fingerprint density at radius 2 is 1.30 bits per heavy atom. The molecule has 0 aliphatic heterocycles. The third-order valence-corrected chi connectivity index (χ3v) is 5.62. The summed E-state index contributed by atoms with van der Waals surface area (Å²) in [6, 6.07) is 2.98. The van der Waals surface area contributed by atoms with Crippen LogP contribution in [0, 0.1) is 0 Å². The summed E-state index contributed by atoms with van der Waals surface area (Å²) >= 11 is 0. The van der Waals surface area contributed by atoms with E-state index in [1.54, 1.807) is 0 Å². The van der Waals surface area contributed by atoms with E-state index in [2.05, 4.69) is 0 Å². The quantitative estimate of drug-likeness (QED) is 0.536. The van der Waals surface area contributed by atoms with Crippen LogP contribution in [0.5, 0.6) is 5.75 Å². The molecule has 0 saturated heterocycles. The van der Waals surface area contributed by atoms with E-state index in [1.807, 2.05) is 0 Å². The van der Waals surface area contributed by atoms with Gasteiger partial charge in [-0.05, 0) is 29.7 Å². The number of fused-ring (bicyclic) bond motifs is 1. The van der Waals surface area contributed by atoms with Gasteiger partial charge in [-0.1, -0.05) is 0 Å². The van der Waals surface area contributed by atoms with E-state index in [4.69, 9.17) is 13.7 Å². The number of hydrogen-bond acceptors (Lipinski definition) is 7. The van der Waals surface area contributed by atoms with E-state index >= 15 is 0 Å². The molecule has 2 aromatic carbocycles. The maximum absolute atomic E-state index is 11.3. The van der Waals surface area contributed by atoms with Gasteiger partial charge in [0.25, 0.3) is 30.4 Å². The predicted octanol–water partition coefficient (Wildman–Crippen LogP) is 0.286. The molecule has 4 N–H and O–H groups in total. The van der Waals surface area contributed by atoms with Crippen LogP contribution in [0.4, 0.5) is 0 Å². The van der Waals surface area contributed by atoms with Crippen LogP contribution in [-0.2, 0) is 30.4 Å². The van der Waals surface area contributed by atoms with E-state index in [0.29, 0.717) is 6.07 Å². The normalized spacial score (nSPS) is 13.3. The van der Waals surface area contributed by atoms with E-state index in [9.17, 15) is 30.4 Å². The van der Waals surface area contributed by atoms with Crippen molar-refractivity contribution < 1.29 is 44.0 Å². The van der Waals surface area contributed by atoms with Gasteiger partial charge in [-0.3, -0.25) is 13.7 Å². The van der Waals surface area contributed by atoms with Crippen LogP contribution < -0.4 is 0 Å². The van der Waals surface area contributed by atoms with Crippen molar-refractivity contribution in [1.29, 1.82) is 0 Å². The minimum absolute atomic E-state index is 0.322. The Morgan fingerprint density at radius 1 is 0.739 bits per heavy atom. The summed E-state index contributed by atoms with van der Waals surface area (Å²) in [7, 11) is -15.1. The number of phenols is 1. The Balaban J connectivity index is 3.09. The summed E-state index contributed by atoms with van der Waals surface area (Å²) < 4.78 is 94.3. The van der Waals surface area contributed by atoms with Crippen LogP contribution in [0.3, 0.4) is 0 Å². The molecule has 0 radical (unpaired) electrons. The van der Waals surface area contributed by atoms with Gasteiger partial charge < -0.3 is 5.11 Å². The largest absolute Gasteiger partial charge is 0.506 e. The van der Waals surface area contributed by atoms with Crippen LogP contribution in [0.1, 0.15) is 0 Å². The summed E-state index contributed by atoms with van der Waals surface area (Å²) in [6.45, 7) is 0. The molecule has 0 saturated carbocycles. The predicted molar refractivity (Wildman–Crippen MR) is 75.1 cm³/mol. The molecule has 2 rings (SSSR count). The first-order chi connectivity index (χ1) is 10.2. The lowest BCUT2D eigenvalue weighted by Gasteiger charge is -2.11. The van der Waals surface area contributed by atoms with Crippen LogP contribution in [0.2, 0.25) is 0 Å². The van der Waals surface area contributed by atoms with E-state index in [1.165, 1.54) is 0 Å². The fourth-order valence-corrected chi connectivity index (χ4v) is 4.35. The van der Waals surface area contributed by atoms with Gasteiger partial charge in [-0.2, -0.15) is 25.3 Å². The number of aromatic hydroxyl groups is 1. The molecular formula is C10H8O10S3. The van der Waals surface area contributed by atoms with Gasteiger partial charge >= 0.3 is 0 Å². The van der Waals surface area contributed by atoms with Crippen LogP contribution >= 0.6 is 0 Å². The molecule has 23 heavy (non-hydrogen) atoms. The zero-order valence-corrected chi connectivity index (χ0v) is 13.2. The van der Waals surface area contributed by atoms with Crippen molar-refractivity contribution in [2.75, 3.05) is 0 Å². The maximum atomic E-state index is 11.3. The molecule has 0 aliphatic rings. The molecule has 0 heterocycles. The molecule has 13 heteroatoms. The zero-order valence-electron chi connectivity index (χ0n) is 10.8. The van der Waals surface area contributed by atoms with Gasteiger partial charge in [0.05, 0.1) is 4.90 Å². The number of benzene rings is 2. The van der Waals surface area contributed by atoms with Crippen molar-refractivity contribution in [3.8, 4) is 5.75 Å². The fraction of sp³-hybridized carbons (Fsp3) is 0. The van der Waals surface area contributed by atoms with Crippen molar-refractivity contribution in [2.24, 2.45) is 0 Å². The van der Waals surface area contributed by atoms with Crippen LogP contribution in [0.15, 0.2) is 39.0 Å². The summed E-state index contributed by atoms with van der Waals surface area (Å²) in [5, 5.41) is 9.24. The molecule has 0 amide bonds. The van der Waals surface area contributed by atoms with Gasteiger partial charge in [0.15, 0.2) is 4.90 Å². The average molecular weight is 384 g/mol. The Hall–Kier alpha value is -1.77. The second-order valence-corrected chi connectivity index (χ2v) is 8.53. The Kier molecular flexibility index (Phi) is 3.91. The van der Waals surface area contributed by atoms with Crippen molar-refractivity contribution in [1.82, 2.24) is 0 Å². The van der Waals surface area contributed by atoms with Crippen molar-refractivity contribution in [3.05, 3.63) is 24.3 Å². The zero-order chi connectivity index (χ0) is 17.8. The van der Waals surface area contributed by atoms with Crippen LogP contribution in [0.25, 0.3) is 10.8 Å². The highest BCUT2D eigenvalue weighted by molar-refractivity contribution is 7.89. The monoisotopic (exact) mass is 384 g/mol. The molecule has 0 spiro atoms. The molecule has 0 bridgehead atoms. The van der Waals surface area contributed by atoms with E-state index < -0.39 is 50.8 Å². The molecule has 10 nitrogen and oxygen atoms in total. The molecule has 0 fully saturated rings. The van der Waals surface area contributed by atoms with Crippen molar-refractivity contribution in [3.63, 3.8) is 0 Å². The van der Waals surface area contributed by atoms with Gasteiger partial charge in [0, 0.05) is 5.39 Å². The van der Waals surface area contributed by atoms with Gasteiger partial charge in [-0.15, -0.1) is 0 Å². The highest BCUT2D eigenvalue weighted by Gasteiger charge is 2.30. The molecule has 2 aromatic rings. The second kappa shape index (κ2) is 5.12. The smallest absolute Gasteiger partial charge is 0.299 e. The SMILES string of the molecule is O=S(=O)(O)c1ccc2c(O)c(S(=O)(=O)O)c(S(=O)(=O)O)cc2c1. The second-order valence-electron chi connectivity index (χ2n) is 4.36. The third kappa shape index (κ3) is 3.29. The summed E-state index contributed by atoms with van der Waals surface area (Å²) in [4.78, 5) is -3.46. The molecule has 0 aliphatic carbocycles. The Labute approximate surface area is 130 Å². The minimum atomic E-state index is -5.23. The number of phenolic OH excluding ortho intramolecular Hbond substituents is 1. The lowest BCUT2D eigenvalue weighted by Crippen LogP contribution is -2.09. The highest BCUT2D eigenvalue weighted by Crippen LogP contribution is 2.37. The number of hydrogen-bond donors (Lipinski definition) is 4. The molecule has 0 aromatic heterocycles. The summed E-state index contributed by atoms with van der Waals surface area (Å²) in [5.41, 5.74) is 0. The average Bonchev–Trinajstić information content (AvgIpc) is 2.34. The number of rotatable bonds is 3. The lowest BCUT2D eigenvalue weighted by atomic mass is 10.1. The lowest BCUT2D eigenvalue weighted by molar-refractivity contribution is 0.435. The first-order valence-electron chi connectivity index (χ1n) is 5.45.